The fraction of sp³-hybridized carbons (Fsp3) is 0.314. The van der Waals surface area contributed by atoms with Gasteiger partial charge in [-0.3, -0.25) is 19.0 Å². The second-order valence-corrected chi connectivity index (χ2v) is 11.6. The molecule has 5 rings (SSSR count). The number of aryl methyl sites for hydroxylation is 1. The van der Waals surface area contributed by atoms with Crippen LogP contribution in [0.25, 0.3) is 22.3 Å². The number of Topliss-reactive ketones (excluding diaryl/α,β-unsaturated/α-hetero) is 1. The van der Waals surface area contributed by atoms with Gasteiger partial charge in [-0.2, -0.15) is 0 Å². The SMILES string of the molecule is COc1cc(-c2cccc(-c3cccc(NC(=O)c4cn(C)c(=O)n(C)c4=O)c3C)c2C)cc(F)c1CNC[C@@H]1CCC(=O)C1. The van der Waals surface area contributed by atoms with Gasteiger partial charge in [0, 0.05) is 50.9 Å². The molecule has 45 heavy (non-hydrogen) atoms. The first kappa shape index (κ1) is 31.6. The lowest BCUT2D eigenvalue weighted by molar-refractivity contribution is -0.117. The summed E-state index contributed by atoms with van der Waals surface area (Å²) >= 11 is 0. The third-order valence-corrected chi connectivity index (χ3v) is 8.67. The van der Waals surface area contributed by atoms with Gasteiger partial charge in [-0.05, 0) is 84.3 Å². The van der Waals surface area contributed by atoms with E-state index >= 15 is 4.39 Å². The molecule has 234 valence electrons. The normalized spacial score (nSPS) is 14.5. The Morgan fingerprint density at radius 1 is 1.00 bits per heavy atom. The van der Waals surface area contributed by atoms with Crippen molar-refractivity contribution in [2.24, 2.45) is 20.0 Å². The zero-order chi connectivity index (χ0) is 32.4. The van der Waals surface area contributed by atoms with Crippen LogP contribution in [-0.2, 0) is 25.4 Å². The molecule has 1 aromatic heterocycles. The lowest BCUT2D eigenvalue weighted by atomic mass is 9.90. The zero-order valence-electron chi connectivity index (χ0n) is 26.1. The predicted octanol–water partition coefficient (Wildman–Crippen LogP) is 4.89. The monoisotopic (exact) mass is 612 g/mol. The Balaban J connectivity index is 1.42. The van der Waals surface area contributed by atoms with Gasteiger partial charge >= 0.3 is 5.69 Å². The van der Waals surface area contributed by atoms with Crippen molar-refractivity contribution < 1.29 is 18.7 Å². The van der Waals surface area contributed by atoms with Gasteiger partial charge in [0.1, 0.15) is 22.9 Å². The number of halogens is 1. The predicted molar refractivity (Wildman–Crippen MR) is 172 cm³/mol. The Hall–Kier alpha value is -4.83. The number of aromatic nitrogens is 2. The first-order valence-electron chi connectivity index (χ1n) is 14.9. The smallest absolute Gasteiger partial charge is 0.330 e. The van der Waals surface area contributed by atoms with Gasteiger partial charge in [-0.15, -0.1) is 0 Å². The Labute approximate surface area is 260 Å². The molecule has 10 heteroatoms. The minimum atomic E-state index is -0.678. The maximum Gasteiger partial charge on any atom is 0.330 e. The molecule has 2 N–H and O–H groups in total. The standard InChI is InChI=1S/C35H37FN4O5/c1-20-25(23-15-30(36)28(32(16-23)45-5)18-37-17-22-12-13-24(41)14-22)8-6-9-26(20)27-10-7-11-31(21(27)2)38-33(42)29-19-39(3)35(44)40(4)34(29)43/h6-11,15-16,19,22,37H,12-14,17-18H2,1-5H3,(H,38,42)/t22-/m1/s1. The Morgan fingerprint density at radius 2 is 1.69 bits per heavy atom. The molecule has 1 fully saturated rings. The molecule has 0 spiro atoms. The van der Waals surface area contributed by atoms with Crippen molar-refractivity contribution in [1.82, 2.24) is 14.5 Å². The number of nitrogens with one attached hydrogen (secondary N) is 2. The second kappa shape index (κ2) is 13.0. The molecular weight excluding hydrogens is 575 g/mol. The molecule has 0 saturated heterocycles. The van der Waals surface area contributed by atoms with Crippen molar-refractivity contribution in [2.45, 2.75) is 39.7 Å². The van der Waals surface area contributed by atoms with Gasteiger partial charge in [0.2, 0.25) is 0 Å². The third kappa shape index (κ3) is 6.37. The number of ether oxygens (including phenoxy) is 1. The number of nitrogens with zero attached hydrogens (tertiary/aromatic N) is 2. The van der Waals surface area contributed by atoms with Crippen LogP contribution in [0.15, 0.2) is 64.3 Å². The number of ketones is 1. The van der Waals surface area contributed by atoms with Crippen molar-refractivity contribution in [3.63, 3.8) is 0 Å². The van der Waals surface area contributed by atoms with Gasteiger partial charge in [-0.25, -0.2) is 9.18 Å². The fourth-order valence-corrected chi connectivity index (χ4v) is 6.04. The van der Waals surface area contributed by atoms with E-state index < -0.39 is 17.2 Å². The molecule has 9 nitrogen and oxygen atoms in total. The molecule has 4 aromatic rings. The highest BCUT2D eigenvalue weighted by Gasteiger charge is 2.23. The van der Waals surface area contributed by atoms with Gasteiger partial charge in [0.15, 0.2) is 0 Å². The van der Waals surface area contributed by atoms with Crippen molar-refractivity contribution in [3.05, 3.63) is 104 Å². The number of hydrogen-bond donors (Lipinski definition) is 2. The van der Waals surface area contributed by atoms with E-state index in [4.69, 9.17) is 4.74 Å². The number of carbonyl (C=O) groups is 2. The van der Waals surface area contributed by atoms with E-state index in [1.807, 2.05) is 50.2 Å². The number of hydrogen-bond acceptors (Lipinski definition) is 6. The highest BCUT2D eigenvalue weighted by atomic mass is 19.1. The summed E-state index contributed by atoms with van der Waals surface area (Å²) in [7, 11) is 4.33. The van der Waals surface area contributed by atoms with Crippen molar-refractivity contribution in [3.8, 4) is 28.0 Å². The van der Waals surface area contributed by atoms with E-state index in [0.717, 1.165) is 38.8 Å². The van der Waals surface area contributed by atoms with Gasteiger partial charge in [0.05, 0.1) is 7.11 Å². The van der Waals surface area contributed by atoms with E-state index in [0.29, 0.717) is 48.5 Å². The van der Waals surface area contributed by atoms with E-state index in [2.05, 4.69) is 10.6 Å². The van der Waals surface area contributed by atoms with E-state index in [1.165, 1.54) is 38.0 Å². The molecule has 1 atom stereocenters. The average molecular weight is 613 g/mol. The molecule has 1 aliphatic rings. The first-order valence-corrected chi connectivity index (χ1v) is 14.9. The minimum absolute atomic E-state index is 0.147. The maximum atomic E-state index is 15.5. The highest BCUT2D eigenvalue weighted by Crippen LogP contribution is 2.37. The number of methoxy groups -OCH3 is 1. The van der Waals surface area contributed by atoms with Crippen LogP contribution in [0.5, 0.6) is 5.75 Å². The molecule has 1 amide bonds. The molecule has 3 aromatic carbocycles. The average Bonchev–Trinajstić information content (AvgIpc) is 3.44. The van der Waals surface area contributed by atoms with Crippen LogP contribution in [0.2, 0.25) is 0 Å². The highest BCUT2D eigenvalue weighted by molar-refractivity contribution is 6.04. The zero-order valence-corrected chi connectivity index (χ0v) is 26.1. The number of rotatable bonds is 9. The molecule has 1 saturated carbocycles. The Bertz CT molecular complexity index is 1930. The molecular formula is C35H37FN4O5. The van der Waals surface area contributed by atoms with Gasteiger partial charge < -0.3 is 19.9 Å². The minimum Gasteiger partial charge on any atom is -0.496 e. The lowest BCUT2D eigenvalue weighted by Crippen LogP contribution is -2.40. The van der Waals surface area contributed by atoms with Crippen molar-refractivity contribution in [2.75, 3.05) is 19.0 Å². The topological polar surface area (TPSA) is 111 Å². The largest absolute Gasteiger partial charge is 0.496 e. The molecule has 1 heterocycles. The number of carbonyl (C=O) groups excluding carboxylic acids is 2. The molecule has 1 aliphatic carbocycles. The van der Waals surface area contributed by atoms with Crippen LogP contribution in [0.1, 0.15) is 46.3 Å². The van der Waals surface area contributed by atoms with Crippen LogP contribution in [0, 0.1) is 25.6 Å². The Kier molecular flexibility index (Phi) is 9.15. The van der Waals surface area contributed by atoms with Crippen LogP contribution < -0.4 is 26.6 Å². The van der Waals surface area contributed by atoms with Gasteiger partial charge in [-0.1, -0.05) is 30.3 Å². The summed E-state index contributed by atoms with van der Waals surface area (Å²) in [6.07, 6.45) is 3.29. The summed E-state index contributed by atoms with van der Waals surface area (Å²) in [4.78, 5) is 49.4. The summed E-state index contributed by atoms with van der Waals surface area (Å²) in [6.45, 7) is 4.79. The summed E-state index contributed by atoms with van der Waals surface area (Å²) in [5.74, 6) is 0.00985. The van der Waals surface area contributed by atoms with Crippen LogP contribution in [-0.4, -0.2) is 34.5 Å². The molecule has 0 radical (unpaired) electrons. The van der Waals surface area contributed by atoms with E-state index in [-0.39, 0.29) is 23.1 Å². The van der Waals surface area contributed by atoms with Crippen molar-refractivity contribution in [1.29, 1.82) is 0 Å². The fourth-order valence-electron chi connectivity index (χ4n) is 6.04. The number of benzene rings is 3. The van der Waals surface area contributed by atoms with E-state index in [9.17, 15) is 19.2 Å². The molecule has 0 unspecified atom stereocenters. The third-order valence-electron chi connectivity index (χ3n) is 8.67. The van der Waals surface area contributed by atoms with Gasteiger partial charge in [0.25, 0.3) is 11.5 Å². The summed E-state index contributed by atoms with van der Waals surface area (Å²) in [5.41, 5.74) is 4.56. The first-order chi connectivity index (χ1) is 21.5. The number of anilines is 1. The maximum absolute atomic E-state index is 15.5. The van der Waals surface area contributed by atoms with Crippen LogP contribution in [0.4, 0.5) is 10.1 Å². The summed E-state index contributed by atoms with van der Waals surface area (Å²) in [5, 5.41) is 6.12. The quantitative estimate of drug-likeness (QED) is 0.278. The molecule has 0 bridgehead atoms. The second-order valence-electron chi connectivity index (χ2n) is 11.6. The molecule has 0 aliphatic heterocycles. The van der Waals surface area contributed by atoms with E-state index in [1.54, 1.807) is 6.07 Å². The summed E-state index contributed by atoms with van der Waals surface area (Å²) < 4.78 is 23.2. The Morgan fingerprint density at radius 3 is 2.38 bits per heavy atom. The van der Waals surface area contributed by atoms with Crippen LogP contribution in [0.3, 0.4) is 0 Å². The van der Waals surface area contributed by atoms with Crippen molar-refractivity contribution >= 4 is 17.4 Å². The van der Waals surface area contributed by atoms with Crippen LogP contribution >= 0.6 is 0 Å². The number of amides is 1. The lowest BCUT2D eigenvalue weighted by Gasteiger charge is -2.18. The summed E-state index contributed by atoms with van der Waals surface area (Å²) in [6, 6.07) is 14.7.